The van der Waals surface area contributed by atoms with Gasteiger partial charge in [-0.2, -0.15) is 0 Å². The Balaban J connectivity index is 2.20. The van der Waals surface area contributed by atoms with Gasteiger partial charge < -0.3 is 16.0 Å². The van der Waals surface area contributed by atoms with Gasteiger partial charge in [0.15, 0.2) is 0 Å². The van der Waals surface area contributed by atoms with Crippen molar-refractivity contribution in [1.82, 2.24) is 10.3 Å². The van der Waals surface area contributed by atoms with E-state index in [9.17, 15) is 13.2 Å². The predicted molar refractivity (Wildman–Crippen MR) is 79.4 cm³/mol. The van der Waals surface area contributed by atoms with E-state index in [0.29, 0.717) is 11.3 Å². The summed E-state index contributed by atoms with van der Waals surface area (Å²) < 4.78 is 22.4. The smallest absolute Gasteiger partial charge is 0.253 e. The third-order valence-electron chi connectivity index (χ3n) is 2.88. The molecule has 108 valence electrons. The van der Waals surface area contributed by atoms with Gasteiger partial charge in [0, 0.05) is 35.1 Å². The molecule has 0 aliphatic carbocycles. The number of H-pyrrole nitrogens is 1. The fraction of sp³-hybridized carbons (Fsp3) is 0.308. The summed E-state index contributed by atoms with van der Waals surface area (Å²) in [6, 6.07) is 4.77. The zero-order valence-corrected chi connectivity index (χ0v) is 12.1. The first-order valence-corrected chi connectivity index (χ1v) is 8.17. The maximum atomic E-state index is 12.1. The standard InChI is InChI=1S/C13H17N3O3S/c1-8(7-20(2,18)19)16-13(17)11-6-15-12-5-9(14)3-4-10(11)12/h3-6,8,15H,7,14H2,1-2H3,(H,16,17). The van der Waals surface area contributed by atoms with E-state index in [2.05, 4.69) is 10.3 Å². The number of amides is 1. The highest BCUT2D eigenvalue weighted by Gasteiger charge is 2.17. The molecule has 0 aliphatic rings. The number of nitrogens with one attached hydrogen (secondary N) is 2. The Kier molecular flexibility index (Phi) is 3.71. The van der Waals surface area contributed by atoms with Gasteiger partial charge in [-0.05, 0) is 25.1 Å². The molecule has 2 aromatic rings. The van der Waals surface area contributed by atoms with Crippen molar-refractivity contribution in [3.63, 3.8) is 0 Å². The van der Waals surface area contributed by atoms with Crippen molar-refractivity contribution in [3.8, 4) is 0 Å². The van der Waals surface area contributed by atoms with E-state index in [4.69, 9.17) is 5.73 Å². The number of anilines is 1. The van der Waals surface area contributed by atoms with Crippen LogP contribution in [0.15, 0.2) is 24.4 Å². The topological polar surface area (TPSA) is 105 Å². The highest BCUT2D eigenvalue weighted by atomic mass is 32.2. The van der Waals surface area contributed by atoms with Gasteiger partial charge in [-0.3, -0.25) is 4.79 Å². The van der Waals surface area contributed by atoms with Crippen LogP contribution < -0.4 is 11.1 Å². The maximum Gasteiger partial charge on any atom is 0.253 e. The second-order valence-corrected chi connectivity index (χ2v) is 7.16. The average molecular weight is 295 g/mol. The summed E-state index contributed by atoms with van der Waals surface area (Å²) in [6.45, 7) is 1.66. The minimum absolute atomic E-state index is 0.0892. The highest BCUT2D eigenvalue weighted by molar-refractivity contribution is 7.90. The molecular formula is C13H17N3O3S. The first-order chi connectivity index (χ1) is 9.26. The van der Waals surface area contributed by atoms with Crippen LogP contribution in [-0.2, 0) is 9.84 Å². The van der Waals surface area contributed by atoms with Crippen LogP contribution in [0.4, 0.5) is 5.69 Å². The van der Waals surface area contributed by atoms with Crippen molar-refractivity contribution in [2.45, 2.75) is 13.0 Å². The van der Waals surface area contributed by atoms with E-state index in [1.165, 1.54) is 0 Å². The van der Waals surface area contributed by atoms with Crippen molar-refractivity contribution in [1.29, 1.82) is 0 Å². The predicted octanol–water partition coefficient (Wildman–Crippen LogP) is 0.913. The number of fused-ring (bicyclic) bond motifs is 1. The molecule has 7 heteroatoms. The molecular weight excluding hydrogens is 278 g/mol. The van der Waals surface area contributed by atoms with E-state index in [-0.39, 0.29) is 11.7 Å². The molecule has 1 heterocycles. The molecule has 0 saturated heterocycles. The van der Waals surface area contributed by atoms with Crippen LogP contribution in [0.1, 0.15) is 17.3 Å². The van der Waals surface area contributed by atoms with Gasteiger partial charge in [0.2, 0.25) is 0 Å². The minimum atomic E-state index is -3.12. The van der Waals surface area contributed by atoms with Crippen LogP contribution in [0.2, 0.25) is 0 Å². The molecule has 0 saturated carbocycles. The number of aromatic amines is 1. The monoisotopic (exact) mass is 295 g/mol. The molecule has 1 aromatic carbocycles. The van der Waals surface area contributed by atoms with E-state index < -0.39 is 15.9 Å². The average Bonchev–Trinajstić information content (AvgIpc) is 2.68. The summed E-state index contributed by atoms with van der Waals surface area (Å²) >= 11 is 0. The number of hydrogen-bond acceptors (Lipinski definition) is 4. The number of benzene rings is 1. The van der Waals surface area contributed by atoms with Gasteiger partial charge in [-0.25, -0.2) is 8.42 Å². The lowest BCUT2D eigenvalue weighted by Crippen LogP contribution is -2.37. The second kappa shape index (κ2) is 5.16. The quantitative estimate of drug-likeness (QED) is 0.729. The molecule has 1 amide bonds. The Labute approximate surface area is 117 Å². The molecule has 4 N–H and O–H groups in total. The molecule has 2 rings (SSSR count). The Morgan fingerprint density at radius 3 is 2.80 bits per heavy atom. The van der Waals surface area contributed by atoms with Gasteiger partial charge in [-0.15, -0.1) is 0 Å². The first kappa shape index (κ1) is 14.4. The largest absolute Gasteiger partial charge is 0.399 e. The number of nitrogen functional groups attached to an aromatic ring is 1. The van der Waals surface area contributed by atoms with Crippen molar-refractivity contribution in [3.05, 3.63) is 30.0 Å². The summed E-state index contributed by atoms with van der Waals surface area (Å²) in [6.07, 6.45) is 2.73. The maximum absolute atomic E-state index is 12.1. The SMILES string of the molecule is CC(CS(C)(=O)=O)NC(=O)c1c[nH]c2cc(N)ccc12. The summed E-state index contributed by atoms with van der Waals surface area (Å²) in [4.78, 5) is 15.1. The molecule has 0 radical (unpaired) electrons. The first-order valence-electron chi connectivity index (χ1n) is 6.11. The van der Waals surface area contributed by atoms with E-state index in [1.807, 2.05) is 0 Å². The van der Waals surface area contributed by atoms with Crippen LogP contribution >= 0.6 is 0 Å². The number of sulfone groups is 1. The van der Waals surface area contributed by atoms with Gasteiger partial charge in [0.05, 0.1) is 11.3 Å². The minimum Gasteiger partial charge on any atom is -0.399 e. The molecule has 1 unspecified atom stereocenters. The van der Waals surface area contributed by atoms with Crippen molar-refractivity contribution in [2.75, 3.05) is 17.7 Å². The van der Waals surface area contributed by atoms with Crippen molar-refractivity contribution in [2.24, 2.45) is 0 Å². The van der Waals surface area contributed by atoms with Gasteiger partial charge in [0.1, 0.15) is 9.84 Å². The second-order valence-electron chi connectivity index (χ2n) is 4.97. The number of rotatable bonds is 4. The molecule has 20 heavy (non-hydrogen) atoms. The van der Waals surface area contributed by atoms with Gasteiger partial charge >= 0.3 is 0 Å². The summed E-state index contributed by atoms with van der Waals surface area (Å²) in [5.74, 6) is -0.397. The Morgan fingerprint density at radius 1 is 1.45 bits per heavy atom. The molecule has 0 spiro atoms. The lowest BCUT2D eigenvalue weighted by molar-refractivity contribution is 0.0945. The molecule has 0 bridgehead atoms. The van der Waals surface area contributed by atoms with E-state index in [0.717, 1.165) is 17.2 Å². The molecule has 0 fully saturated rings. The highest BCUT2D eigenvalue weighted by Crippen LogP contribution is 2.20. The Morgan fingerprint density at radius 2 is 2.15 bits per heavy atom. The fourth-order valence-electron chi connectivity index (χ4n) is 2.13. The number of carbonyl (C=O) groups is 1. The fourth-order valence-corrected chi connectivity index (χ4v) is 3.12. The Bertz CT molecular complexity index is 749. The summed E-state index contributed by atoms with van der Waals surface area (Å²) in [7, 11) is -3.12. The summed E-state index contributed by atoms with van der Waals surface area (Å²) in [5, 5.41) is 3.43. The number of carbonyl (C=O) groups excluding carboxylic acids is 1. The molecule has 1 aromatic heterocycles. The third-order valence-corrected chi connectivity index (χ3v) is 3.99. The van der Waals surface area contributed by atoms with Crippen LogP contribution in [0.5, 0.6) is 0 Å². The van der Waals surface area contributed by atoms with Gasteiger partial charge in [0.25, 0.3) is 5.91 Å². The molecule has 0 aliphatic heterocycles. The van der Waals surface area contributed by atoms with Crippen LogP contribution in [0, 0.1) is 0 Å². The number of aromatic nitrogens is 1. The van der Waals surface area contributed by atoms with Gasteiger partial charge in [-0.1, -0.05) is 0 Å². The lowest BCUT2D eigenvalue weighted by atomic mass is 10.1. The summed E-state index contributed by atoms with van der Waals surface area (Å²) in [5.41, 5.74) is 7.52. The molecule has 6 nitrogen and oxygen atoms in total. The normalized spacial score (nSPS) is 13.3. The van der Waals surface area contributed by atoms with Crippen LogP contribution in [-0.4, -0.2) is 37.4 Å². The lowest BCUT2D eigenvalue weighted by Gasteiger charge is -2.12. The van der Waals surface area contributed by atoms with E-state index >= 15 is 0 Å². The van der Waals surface area contributed by atoms with Crippen LogP contribution in [0.25, 0.3) is 10.9 Å². The van der Waals surface area contributed by atoms with E-state index in [1.54, 1.807) is 31.3 Å². The van der Waals surface area contributed by atoms with Crippen molar-refractivity contribution < 1.29 is 13.2 Å². The third kappa shape index (κ3) is 3.30. The molecule has 1 atom stereocenters. The Hall–Kier alpha value is -2.02. The number of hydrogen-bond donors (Lipinski definition) is 3. The van der Waals surface area contributed by atoms with Crippen molar-refractivity contribution >= 4 is 32.3 Å². The number of nitrogens with two attached hydrogens (primary N) is 1. The zero-order chi connectivity index (χ0) is 14.9. The van der Waals surface area contributed by atoms with Crippen LogP contribution in [0.3, 0.4) is 0 Å². The zero-order valence-electron chi connectivity index (χ0n) is 11.3.